The largest absolute Gasteiger partial charge is 0.464 e. The molecule has 0 aliphatic carbocycles. The highest BCUT2D eigenvalue weighted by Crippen LogP contribution is 2.32. The molecule has 0 fully saturated rings. The predicted molar refractivity (Wildman–Crippen MR) is 73.8 cm³/mol. The Morgan fingerprint density at radius 3 is 2.45 bits per heavy atom. The lowest BCUT2D eigenvalue weighted by atomic mass is 10.1. The fraction of sp³-hybridized carbons (Fsp3) is 0.154. The van der Waals surface area contributed by atoms with E-state index in [4.69, 9.17) is 23.2 Å². The van der Waals surface area contributed by atoms with E-state index < -0.39 is 23.5 Å². The van der Waals surface area contributed by atoms with Crippen molar-refractivity contribution in [2.45, 2.75) is 6.18 Å². The van der Waals surface area contributed by atoms with Gasteiger partial charge in [-0.15, -0.1) is 0 Å². The van der Waals surface area contributed by atoms with Gasteiger partial charge in [0.2, 0.25) is 0 Å². The molecule has 0 N–H and O–H groups in total. The van der Waals surface area contributed by atoms with E-state index in [9.17, 15) is 18.0 Å². The molecule has 22 heavy (non-hydrogen) atoms. The molecule has 0 bridgehead atoms. The number of hydrogen-bond acceptors (Lipinski definition) is 4. The van der Waals surface area contributed by atoms with Gasteiger partial charge in [0.15, 0.2) is 11.4 Å². The molecule has 0 aliphatic heterocycles. The van der Waals surface area contributed by atoms with Gasteiger partial charge in [-0.2, -0.15) is 13.2 Å². The molecule has 4 nitrogen and oxygen atoms in total. The summed E-state index contributed by atoms with van der Waals surface area (Å²) in [5.74, 6) is -1.23. The molecule has 0 spiro atoms. The van der Waals surface area contributed by atoms with Crippen LogP contribution in [0.25, 0.3) is 11.3 Å². The first-order chi connectivity index (χ1) is 10.2. The van der Waals surface area contributed by atoms with Gasteiger partial charge in [-0.3, -0.25) is 0 Å². The molecule has 0 aliphatic rings. The van der Waals surface area contributed by atoms with Crippen molar-refractivity contribution < 1.29 is 22.7 Å². The van der Waals surface area contributed by atoms with E-state index in [0.717, 1.165) is 13.3 Å². The van der Waals surface area contributed by atoms with Crippen LogP contribution >= 0.6 is 23.2 Å². The highest BCUT2D eigenvalue weighted by atomic mass is 35.5. The van der Waals surface area contributed by atoms with E-state index >= 15 is 0 Å². The van der Waals surface area contributed by atoms with Gasteiger partial charge in [0.1, 0.15) is 0 Å². The third-order valence-corrected chi connectivity index (χ3v) is 3.37. The number of esters is 1. The fourth-order valence-corrected chi connectivity index (χ4v) is 1.93. The Balaban J connectivity index is 2.60. The molecule has 1 aromatic carbocycles. The van der Waals surface area contributed by atoms with Crippen molar-refractivity contribution in [3.8, 4) is 11.3 Å². The average Bonchev–Trinajstić information content (AvgIpc) is 2.47. The zero-order valence-electron chi connectivity index (χ0n) is 10.9. The highest BCUT2D eigenvalue weighted by Gasteiger charge is 2.39. The molecule has 0 saturated heterocycles. The molecule has 9 heteroatoms. The lowest BCUT2D eigenvalue weighted by molar-refractivity contribution is -0.142. The van der Waals surface area contributed by atoms with Crippen molar-refractivity contribution >= 4 is 29.2 Å². The van der Waals surface area contributed by atoms with Crippen LogP contribution < -0.4 is 0 Å². The second kappa shape index (κ2) is 6.10. The normalized spacial score (nSPS) is 11.4. The summed E-state index contributed by atoms with van der Waals surface area (Å²) in [5, 5.41) is 0.471. The van der Waals surface area contributed by atoms with Crippen LogP contribution in [0.5, 0.6) is 0 Å². The number of ether oxygens (including phenoxy) is 1. The zero-order chi connectivity index (χ0) is 16.5. The number of benzene rings is 1. The quantitative estimate of drug-likeness (QED) is 0.759. The Hall–Kier alpha value is -1.86. The van der Waals surface area contributed by atoms with Crippen LogP contribution in [0.2, 0.25) is 10.0 Å². The van der Waals surface area contributed by atoms with Crippen LogP contribution in [0.3, 0.4) is 0 Å². The van der Waals surface area contributed by atoms with Crippen molar-refractivity contribution in [2.75, 3.05) is 7.11 Å². The smallest absolute Gasteiger partial charge is 0.435 e. The van der Waals surface area contributed by atoms with E-state index in [1.807, 2.05) is 0 Å². The zero-order valence-corrected chi connectivity index (χ0v) is 12.4. The van der Waals surface area contributed by atoms with Gasteiger partial charge in [-0.05, 0) is 12.1 Å². The van der Waals surface area contributed by atoms with Crippen molar-refractivity contribution in [3.63, 3.8) is 0 Å². The number of carbonyl (C=O) groups excluding carboxylic acids is 1. The Kier molecular flexibility index (Phi) is 4.58. The number of halogens is 5. The molecule has 0 unspecified atom stereocenters. The molecule has 2 rings (SSSR count). The molecule has 1 heterocycles. The number of hydrogen-bond donors (Lipinski definition) is 0. The summed E-state index contributed by atoms with van der Waals surface area (Å²) < 4.78 is 42.9. The van der Waals surface area contributed by atoms with E-state index in [0.29, 0.717) is 5.56 Å². The second-order valence-electron chi connectivity index (χ2n) is 4.07. The van der Waals surface area contributed by atoms with Crippen LogP contribution in [0.1, 0.15) is 16.2 Å². The predicted octanol–water partition coefficient (Wildman–Crippen LogP) is 4.26. The summed E-state index contributed by atoms with van der Waals surface area (Å²) >= 11 is 11.6. The minimum absolute atomic E-state index is 0.0342. The van der Waals surface area contributed by atoms with Crippen LogP contribution in [0.4, 0.5) is 13.2 Å². The van der Waals surface area contributed by atoms with Gasteiger partial charge in [-0.1, -0.05) is 29.3 Å². The Bertz CT molecular complexity index is 736. The van der Waals surface area contributed by atoms with Gasteiger partial charge in [0.05, 0.1) is 29.0 Å². The average molecular weight is 351 g/mol. The number of rotatable bonds is 2. The first-order valence-electron chi connectivity index (χ1n) is 5.72. The lowest BCUT2D eigenvalue weighted by Crippen LogP contribution is -2.18. The van der Waals surface area contributed by atoms with Crippen molar-refractivity contribution in [2.24, 2.45) is 0 Å². The Morgan fingerprint density at radius 1 is 1.23 bits per heavy atom. The topological polar surface area (TPSA) is 52.1 Å². The summed E-state index contributed by atoms with van der Waals surface area (Å²) in [4.78, 5) is 18.5. The second-order valence-corrected chi connectivity index (χ2v) is 4.89. The summed E-state index contributed by atoms with van der Waals surface area (Å²) in [6, 6.07) is 4.35. The van der Waals surface area contributed by atoms with Gasteiger partial charge in [-0.25, -0.2) is 14.8 Å². The van der Waals surface area contributed by atoms with E-state index in [1.54, 1.807) is 0 Å². The molecule has 0 saturated carbocycles. The lowest BCUT2D eigenvalue weighted by Gasteiger charge is -2.11. The Labute approximate surface area is 132 Å². The first kappa shape index (κ1) is 16.5. The van der Waals surface area contributed by atoms with E-state index in [-0.39, 0.29) is 15.7 Å². The molecule has 0 atom stereocenters. The number of carbonyl (C=O) groups is 1. The highest BCUT2D eigenvalue weighted by molar-refractivity contribution is 6.42. The van der Waals surface area contributed by atoms with Gasteiger partial charge in [0.25, 0.3) is 0 Å². The number of methoxy groups -OCH3 is 1. The van der Waals surface area contributed by atoms with Gasteiger partial charge < -0.3 is 4.74 Å². The van der Waals surface area contributed by atoms with Gasteiger partial charge >= 0.3 is 12.1 Å². The van der Waals surface area contributed by atoms with Crippen molar-refractivity contribution in [1.29, 1.82) is 0 Å². The maximum Gasteiger partial charge on any atom is 0.435 e. The molecule has 0 amide bonds. The molecular formula is C13H7Cl2F3N2O2. The van der Waals surface area contributed by atoms with Crippen molar-refractivity contribution in [1.82, 2.24) is 9.97 Å². The Morgan fingerprint density at radius 2 is 1.91 bits per heavy atom. The number of alkyl halides is 3. The molecule has 116 valence electrons. The van der Waals surface area contributed by atoms with E-state index in [2.05, 4.69) is 14.7 Å². The standard InChI is InChI=1S/C13H7Cl2F3N2O2/c1-22-12(21)10-11(13(16,17)18)19-5-9(20-10)6-2-3-7(14)8(15)4-6/h2-5H,1H3. The van der Waals surface area contributed by atoms with Crippen LogP contribution in [0.15, 0.2) is 24.4 Å². The molecular weight excluding hydrogens is 344 g/mol. The molecule has 2 aromatic rings. The van der Waals surface area contributed by atoms with Crippen LogP contribution in [-0.4, -0.2) is 23.0 Å². The van der Waals surface area contributed by atoms with Crippen LogP contribution in [-0.2, 0) is 10.9 Å². The van der Waals surface area contributed by atoms with Crippen molar-refractivity contribution in [3.05, 3.63) is 45.8 Å². The fourth-order valence-electron chi connectivity index (χ4n) is 1.63. The minimum atomic E-state index is -4.83. The minimum Gasteiger partial charge on any atom is -0.464 e. The summed E-state index contributed by atoms with van der Waals surface area (Å²) in [6.45, 7) is 0. The maximum atomic E-state index is 12.8. The van der Waals surface area contributed by atoms with Crippen LogP contribution in [0, 0.1) is 0 Å². The third-order valence-electron chi connectivity index (χ3n) is 2.64. The monoisotopic (exact) mass is 350 g/mol. The molecule has 0 radical (unpaired) electrons. The number of nitrogens with zero attached hydrogens (tertiary/aromatic N) is 2. The first-order valence-corrected chi connectivity index (χ1v) is 6.47. The summed E-state index contributed by atoms with van der Waals surface area (Å²) in [7, 11) is 0.954. The summed E-state index contributed by atoms with van der Waals surface area (Å²) in [6.07, 6.45) is -3.93. The molecule has 1 aromatic heterocycles. The van der Waals surface area contributed by atoms with Gasteiger partial charge in [0, 0.05) is 5.56 Å². The SMILES string of the molecule is COC(=O)c1nc(-c2ccc(Cl)c(Cl)c2)cnc1C(F)(F)F. The number of aromatic nitrogens is 2. The maximum absolute atomic E-state index is 12.8. The summed E-state index contributed by atoms with van der Waals surface area (Å²) in [5.41, 5.74) is -1.94. The third kappa shape index (κ3) is 3.31. The van der Waals surface area contributed by atoms with E-state index in [1.165, 1.54) is 18.2 Å².